The number of hydrogen-bond acceptors (Lipinski definition) is 3. The normalized spacial score (nSPS) is 11.8. The van der Waals surface area contributed by atoms with Crippen molar-refractivity contribution in [2.45, 2.75) is 45.3 Å². The number of hydrogen-bond donors (Lipinski definition) is 1. The molecule has 0 saturated heterocycles. The number of thiol groups is 1. The van der Waals surface area contributed by atoms with E-state index >= 15 is 0 Å². The van der Waals surface area contributed by atoms with Crippen LogP contribution in [0.2, 0.25) is 0 Å². The average Bonchev–Trinajstić information content (AvgIpc) is 1.81. The van der Waals surface area contributed by atoms with Crippen LogP contribution in [0.5, 0.6) is 0 Å². The van der Waals surface area contributed by atoms with Crippen LogP contribution in [0.3, 0.4) is 0 Å². The first-order valence-electron chi connectivity index (χ1n) is 4.69. The lowest BCUT2D eigenvalue weighted by Gasteiger charge is -2.16. The summed E-state index contributed by atoms with van der Waals surface area (Å²) >= 11 is 4.34. The maximum atomic E-state index is 11.1. The molecule has 0 aromatic heterocycles. The van der Waals surface area contributed by atoms with E-state index < -0.39 is 0 Å². The molecule has 13 heavy (non-hydrogen) atoms. The molecule has 0 aromatic carbocycles. The van der Waals surface area contributed by atoms with Crippen LogP contribution in [0.4, 0.5) is 0 Å². The second kappa shape index (κ2) is 5.53. The van der Waals surface area contributed by atoms with E-state index in [0.717, 1.165) is 6.42 Å². The SMILES string of the molecule is CC(C)CC(=O)OCCC(C)(C)S. The minimum atomic E-state index is -0.104. The van der Waals surface area contributed by atoms with Crippen LogP contribution in [0.25, 0.3) is 0 Å². The fraction of sp³-hybridized carbons (Fsp3) is 0.900. The second-order valence-electron chi connectivity index (χ2n) is 4.38. The largest absolute Gasteiger partial charge is 0.466 e. The van der Waals surface area contributed by atoms with Gasteiger partial charge in [-0.15, -0.1) is 0 Å². The van der Waals surface area contributed by atoms with E-state index in [-0.39, 0.29) is 10.7 Å². The third-order valence-electron chi connectivity index (χ3n) is 1.55. The highest BCUT2D eigenvalue weighted by molar-refractivity contribution is 7.81. The maximum Gasteiger partial charge on any atom is 0.306 e. The fourth-order valence-electron chi connectivity index (χ4n) is 0.807. The first-order valence-corrected chi connectivity index (χ1v) is 5.14. The number of ether oxygens (including phenoxy) is 1. The highest BCUT2D eigenvalue weighted by atomic mass is 32.1. The maximum absolute atomic E-state index is 11.1. The molecule has 0 saturated carbocycles. The number of carbonyl (C=O) groups is 1. The van der Waals surface area contributed by atoms with Crippen molar-refractivity contribution in [1.82, 2.24) is 0 Å². The highest BCUT2D eigenvalue weighted by Crippen LogP contribution is 2.16. The molecule has 0 spiro atoms. The van der Waals surface area contributed by atoms with Gasteiger partial charge in [0.25, 0.3) is 0 Å². The van der Waals surface area contributed by atoms with Crippen molar-refractivity contribution in [3.05, 3.63) is 0 Å². The Kier molecular flexibility index (Phi) is 5.45. The van der Waals surface area contributed by atoms with Crippen LogP contribution in [-0.4, -0.2) is 17.3 Å². The number of rotatable bonds is 5. The molecule has 0 aliphatic heterocycles. The molecule has 0 aliphatic carbocycles. The van der Waals surface area contributed by atoms with Crippen molar-refractivity contribution in [3.8, 4) is 0 Å². The molecule has 0 aliphatic rings. The minimum absolute atomic E-state index is 0.0574. The smallest absolute Gasteiger partial charge is 0.306 e. The monoisotopic (exact) mass is 204 g/mol. The van der Waals surface area contributed by atoms with Crippen LogP contribution in [-0.2, 0) is 9.53 Å². The topological polar surface area (TPSA) is 26.3 Å². The number of carbonyl (C=O) groups excluding carboxylic acids is 1. The molecule has 0 fully saturated rings. The molecule has 0 bridgehead atoms. The first-order chi connectivity index (χ1) is 5.81. The Morgan fingerprint density at radius 2 is 2.00 bits per heavy atom. The Bertz CT molecular complexity index is 159. The summed E-state index contributed by atoms with van der Waals surface area (Å²) in [6.45, 7) is 8.49. The molecule has 2 nitrogen and oxygen atoms in total. The van der Waals surface area contributed by atoms with Gasteiger partial charge in [-0.1, -0.05) is 27.7 Å². The van der Waals surface area contributed by atoms with E-state index in [1.807, 2.05) is 27.7 Å². The Balaban J connectivity index is 3.49. The van der Waals surface area contributed by atoms with Gasteiger partial charge in [0.05, 0.1) is 6.61 Å². The third kappa shape index (κ3) is 9.74. The van der Waals surface area contributed by atoms with Gasteiger partial charge in [-0.25, -0.2) is 0 Å². The fourth-order valence-corrected chi connectivity index (χ4v) is 0.898. The Morgan fingerprint density at radius 3 is 2.38 bits per heavy atom. The van der Waals surface area contributed by atoms with Crippen LogP contribution in [0.1, 0.15) is 40.5 Å². The van der Waals surface area contributed by atoms with Gasteiger partial charge >= 0.3 is 5.97 Å². The van der Waals surface area contributed by atoms with Crippen LogP contribution in [0.15, 0.2) is 0 Å². The van der Waals surface area contributed by atoms with Gasteiger partial charge in [-0.2, -0.15) is 12.6 Å². The lowest BCUT2D eigenvalue weighted by atomic mass is 10.1. The van der Waals surface area contributed by atoms with E-state index in [1.165, 1.54) is 0 Å². The van der Waals surface area contributed by atoms with Crippen molar-refractivity contribution in [2.75, 3.05) is 6.61 Å². The van der Waals surface area contributed by atoms with Crippen LogP contribution in [0, 0.1) is 5.92 Å². The lowest BCUT2D eigenvalue weighted by Crippen LogP contribution is -2.16. The van der Waals surface area contributed by atoms with Crippen molar-refractivity contribution >= 4 is 18.6 Å². The zero-order chi connectivity index (χ0) is 10.5. The standard InChI is InChI=1S/C10H20O2S/c1-8(2)7-9(11)12-6-5-10(3,4)13/h8,13H,5-7H2,1-4H3. The molecule has 0 radical (unpaired) electrons. The summed E-state index contributed by atoms with van der Waals surface area (Å²) in [7, 11) is 0. The molecular weight excluding hydrogens is 184 g/mol. The minimum Gasteiger partial charge on any atom is -0.466 e. The van der Waals surface area contributed by atoms with Gasteiger partial charge in [-0.05, 0) is 12.3 Å². The van der Waals surface area contributed by atoms with Gasteiger partial charge in [-0.3, -0.25) is 4.79 Å². The molecule has 0 atom stereocenters. The molecule has 78 valence electrons. The predicted molar refractivity (Wildman–Crippen MR) is 58.1 cm³/mol. The van der Waals surface area contributed by atoms with Crippen molar-refractivity contribution in [2.24, 2.45) is 5.92 Å². The zero-order valence-electron chi connectivity index (χ0n) is 8.96. The molecule has 0 amide bonds. The van der Waals surface area contributed by atoms with Gasteiger partial charge in [0.2, 0.25) is 0 Å². The molecule has 0 rings (SSSR count). The van der Waals surface area contributed by atoms with E-state index in [4.69, 9.17) is 4.74 Å². The van der Waals surface area contributed by atoms with E-state index in [1.54, 1.807) is 0 Å². The lowest BCUT2D eigenvalue weighted by molar-refractivity contribution is -0.144. The van der Waals surface area contributed by atoms with E-state index in [9.17, 15) is 4.79 Å². The zero-order valence-corrected chi connectivity index (χ0v) is 9.86. The van der Waals surface area contributed by atoms with Crippen molar-refractivity contribution < 1.29 is 9.53 Å². The average molecular weight is 204 g/mol. The molecule has 0 N–H and O–H groups in total. The Hall–Kier alpha value is -0.180. The van der Waals surface area contributed by atoms with Gasteiger partial charge in [0.1, 0.15) is 0 Å². The number of esters is 1. The summed E-state index contributed by atoms with van der Waals surface area (Å²) in [5.74, 6) is 0.268. The summed E-state index contributed by atoms with van der Waals surface area (Å²) < 4.78 is 4.98. The molecule has 0 heterocycles. The molecular formula is C10H20O2S. The van der Waals surface area contributed by atoms with Crippen molar-refractivity contribution in [1.29, 1.82) is 0 Å². The Morgan fingerprint density at radius 1 is 1.46 bits per heavy atom. The van der Waals surface area contributed by atoms with Gasteiger partial charge in [0, 0.05) is 11.2 Å². The summed E-state index contributed by atoms with van der Waals surface area (Å²) in [5.41, 5.74) is 0. The summed E-state index contributed by atoms with van der Waals surface area (Å²) in [5, 5.41) is 0. The summed E-state index contributed by atoms with van der Waals surface area (Å²) in [6, 6.07) is 0. The van der Waals surface area contributed by atoms with Crippen molar-refractivity contribution in [3.63, 3.8) is 0 Å². The molecule has 0 aromatic rings. The summed E-state index contributed by atoms with van der Waals surface area (Å²) in [4.78, 5) is 11.1. The predicted octanol–water partition coefficient (Wildman–Crippen LogP) is 2.67. The first kappa shape index (κ1) is 12.8. The van der Waals surface area contributed by atoms with Crippen LogP contribution < -0.4 is 0 Å². The van der Waals surface area contributed by atoms with Gasteiger partial charge in [0.15, 0.2) is 0 Å². The Labute approximate surface area is 86.5 Å². The van der Waals surface area contributed by atoms with E-state index in [2.05, 4.69) is 12.6 Å². The third-order valence-corrected chi connectivity index (χ3v) is 1.78. The highest BCUT2D eigenvalue weighted by Gasteiger charge is 2.12. The summed E-state index contributed by atoms with van der Waals surface area (Å²) in [6.07, 6.45) is 1.30. The van der Waals surface area contributed by atoms with Gasteiger partial charge < -0.3 is 4.74 Å². The quantitative estimate of drug-likeness (QED) is 0.550. The van der Waals surface area contributed by atoms with Crippen LogP contribution >= 0.6 is 12.6 Å². The second-order valence-corrected chi connectivity index (χ2v) is 5.59. The molecule has 3 heteroatoms. The molecule has 0 unspecified atom stereocenters. The van der Waals surface area contributed by atoms with E-state index in [0.29, 0.717) is 18.9 Å².